The van der Waals surface area contributed by atoms with Gasteiger partial charge in [0.1, 0.15) is 0 Å². The number of rotatable bonds is 5. The van der Waals surface area contributed by atoms with Crippen LogP contribution in [-0.4, -0.2) is 39.8 Å². The van der Waals surface area contributed by atoms with E-state index < -0.39 is 0 Å². The van der Waals surface area contributed by atoms with E-state index >= 15 is 0 Å². The molecule has 1 aliphatic heterocycles. The number of pyridine rings is 1. The van der Waals surface area contributed by atoms with Crippen LogP contribution >= 0.6 is 0 Å². The lowest BCUT2D eigenvalue weighted by atomic mass is 9.99. The van der Waals surface area contributed by atoms with Gasteiger partial charge in [-0.3, -0.25) is 4.90 Å². The highest BCUT2D eigenvalue weighted by molar-refractivity contribution is 5.14. The highest BCUT2D eigenvalue weighted by atomic mass is 16.5. The summed E-state index contributed by atoms with van der Waals surface area (Å²) in [6.45, 7) is 7.28. The molecule has 0 amide bonds. The van der Waals surface area contributed by atoms with Crippen LogP contribution in [0.15, 0.2) is 22.6 Å². The van der Waals surface area contributed by atoms with Crippen molar-refractivity contribution >= 4 is 0 Å². The molecule has 1 aliphatic rings. The second kappa shape index (κ2) is 6.87. The van der Waals surface area contributed by atoms with Crippen molar-refractivity contribution in [2.45, 2.75) is 33.2 Å². The van der Waals surface area contributed by atoms with Crippen LogP contribution < -0.4 is 4.74 Å². The molecule has 118 valence electrons. The van der Waals surface area contributed by atoms with E-state index in [1.807, 2.05) is 32.0 Å². The third-order valence-electron chi connectivity index (χ3n) is 3.86. The van der Waals surface area contributed by atoms with Gasteiger partial charge in [0.05, 0.1) is 13.2 Å². The lowest BCUT2D eigenvalue weighted by Crippen LogP contribution is -2.37. The van der Waals surface area contributed by atoms with Crippen LogP contribution in [-0.2, 0) is 6.54 Å². The zero-order chi connectivity index (χ0) is 15.4. The summed E-state index contributed by atoms with van der Waals surface area (Å²) in [6, 6.07) is 5.86. The van der Waals surface area contributed by atoms with Gasteiger partial charge in [0, 0.05) is 31.1 Å². The quantitative estimate of drug-likeness (QED) is 0.845. The summed E-state index contributed by atoms with van der Waals surface area (Å²) in [5.41, 5.74) is 0.981. The van der Waals surface area contributed by atoms with Gasteiger partial charge in [-0.05, 0) is 32.4 Å². The average molecular weight is 302 g/mol. The van der Waals surface area contributed by atoms with Crippen LogP contribution in [0, 0.1) is 19.8 Å². The highest BCUT2D eigenvalue weighted by Crippen LogP contribution is 2.19. The molecule has 0 spiro atoms. The van der Waals surface area contributed by atoms with Gasteiger partial charge in [-0.2, -0.15) is 0 Å². The molecule has 0 aliphatic carbocycles. The molecule has 0 saturated carbocycles. The molecule has 0 bridgehead atoms. The van der Waals surface area contributed by atoms with Gasteiger partial charge in [0.25, 0.3) is 0 Å². The van der Waals surface area contributed by atoms with Gasteiger partial charge < -0.3 is 9.15 Å². The van der Waals surface area contributed by atoms with Crippen molar-refractivity contribution < 1.29 is 9.15 Å². The summed E-state index contributed by atoms with van der Waals surface area (Å²) < 4.78 is 11.3. The van der Waals surface area contributed by atoms with Gasteiger partial charge in [0.2, 0.25) is 17.7 Å². The van der Waals surface area contributed by atoms with Gasteiger partial charge in [0.15, 0.2) is 0 Å². The fourth-order valence-corrected chi connectivity index (χ4v) is 2.83. The molecule has 1 atom stereocenters. The van der Waals surface area contributed by atoms with E-state index in [4.69, 9.17) is 9.15 Å². The van der Waals surface area contributed by atoms with Crippen LogP contribution in [0.5, 0.6) is 5.88 Å². The zero-order valence-corrected chi connectivity index (χ0v) is 13.2. The molecule has 3 rings (SSSR count). The molecule has 22 heavy (non-hydrogen) atoms. The first-order chi connectivity index (χ1) is 10.7. The van der Waals surface area contributed by atoms with E-state index in [2.05, 4.69) is 20.1 Å². The molecular weight excluding hydrogens is 280 g/mol. The van der Waals surface area contributed by atoms with Crippen molar-refractivity contribution in [1.82, 2.24) is 20.1 Å². The fraction of sp³-hybridized carbons (Fsp3) is 0.562. The van der Waals surface area contributed by atoms with Crippen molar-refractivity contribution in [2.24, 2.45) is 5.92 Å². The molecule has 3 heterocycles. The van der Waals surface area contributed by atoms with Gasteiger partial charge in [-0.25, -0.2) is 4.98 Å². The third kappa shape index (κ3) is 4.04. The second-order valence-electron chi connectivity index (χ2n) is 5.89. The molecule has 0 N–H and O–H groups in total. The van der Waals surface area contributed by atoms with Gasteiger partial charge in [-0.15, -0.1) is 10.2 Å². The Morgan fingerprint density at radius 2 is 2.23 bits per heavy atom. The zero-order valence-electron chi connectivity index (χ0n) is 13.2. The van der Waals surface area contributed by atoms with Gasteiger partial charge in [-0.1, -0.05) is 6.07 Å². The average Bonchev–Trinajstić information content (AvgIpc) is 2.91. The van der Waals surface area contributed by atoms with Crippen molar-refractivity contribution in [3.8, 4) is 5.88 Å². The van der Waals surface area contributed by atoms with Crippen LogP contribution in [0.4, 0.5) is 0 Å². The minimum absolute atomic E-state index is 0.514. The molecule has 1 fully saturated rings. The first-order valence-electron chi connectivity index (χ1n) is 7.77. The maximum atomic E-state index is 5.84. The fourth-order valence-electron chi connectivity index (χ4n) is 2.83. The number of ether oxygens (including phenoxy) is 1. The molecule has 1 saturated heterocycles. The van der Waals surface area contributed by atoms with Crippen LogP contribution in [0.1, 0.15) is 30.3 Å². The first kappa shape index (κ1) is 15.0. The second-order valence-corrected chi connectivity index (χ2v) is 5.89. The van der Waals surface area contributed by atoms with E-state index in [0.29, 0.717) is 30.2 Å². The lowest BCUT2D eigenvalue weighted by molar-refractivity contribution is 0.115. The van der Waals surface area contributed by atoms with Crippen LogP contribution in [0.2, 0.25) is 0 Å². The standard InChI is InChI=1S/C16H22N4O2/c1-12-5-3-7-15(17-12)21-11-14-6-4-8-20(9-14)10-16-19-18-13(2)22-16/h3,5,7,14H,4,6,8-11H2,1-2H3. The minimum atomic E-state index is 0.514. The summed E-state index contributed by atoms with van der Waals surface area (Å²) in [5.74, 6) is 2.54. The molecule has 1 unspecified atom stereocenters. The largest absolute Gasteiger partial charge is 0.477 e. The minimum Gasteiger partial charge on any atom is -0.477 e. The summed E-state index contributed by atoms with van der Waals surface area (Å²) in [4.78, 5) is 6.73. The van der Waals surface area contributed by atoms with E-state index in [0.717, 1.165) is 25.3 Å². The number of hydrogen-bond acceptors (Lipinski definition) is 6. The third-order valence-corrected chi connectivity index (χ3v) is 3.86. The maximum Gasteiger partial charge on any atom is 0.230 e. The Labute approximate surface area is 130 Å². The number of aromatic nitrogens is 3. The molecular formula is C16H22N4O2. The molecule has 2 aromatic heterocycles. The van der Waals surface area contributed by atoms with Crippen molar-refractivity contribution in [3.63, 3.8) is 0 Å². The summed E-state index contributed by atoms with van der Waals surface area (Å²) in [5, 5.41) is 7.95. The monoisotopic (exact) mass is 302 g/mol. The van der Waals surface area contributed by atoms with Crippen molar-refractivity contribution in [2.75, 3.05) is 19.7 Å². The van der Waals surface area contributed by atoms with Gasteiger partial charge >= 0.3 is 0 Å². The Morgan fingerprint density at radius 3 is 3.00 bits per heavy atom. The summed E-state index contributed by atoms with van der Waals surface area (Å²) >= 11 is 0. The SMILES string of the molecule is Cc1cccc(OCC2CCCN(Cc3nnc(C)o3)C2)n1. The molecule has 0 radical (unpaired) electrons. The lowest BCUT2D eigenvalue weighted by Gasteiger charge is -2.31. The van der Waals surface area contributed by atoms with Crippen molar-refractivity contribution in [1.29, 1.82) is 0 Å². The van der Waals surface area contributed by atoms with Crippen LogP contribution in [0.3, 0.4) is 0 Å². The highest BCUT2D eigenvalue weighted by Gasteiger charge is 2.22. The Bertz CT molecular complexity index is 614. The molecule has 6 heteroatoms. The molecule has 0 aromatic carbocycles. The Hall–Kier alpha value is -1.95. The number of piperidine rings is 1. The van der Waals surface area contributed by atoms with Crippen LogP contribution in [0.25, 0.3) is 0 Å². The maximum absolute atomic E-state index is 5.84. The normalized spacial score (nSPS) is 19.3. The topological polar surface area (TPSA) is 64.3 Å². The van der Waals surface area contributed by atoms with E-state index in [9.17, 15) is 0 Å². The number of nitrogens with zero attached hydrogens (tertiary/aromatic N) is 4. The first-order valence-corrected chi connectivity index (χ1v) is 7.77. The predicted octanol–water partition coefficient (Wildman–Crippen LogP) is 2.37. The summed E-state index contributed by atoms with van der Waals surface area (Å²) in [7, 11) is 0. The molecule has 2 aromatic rings. The van der Waals surface area contributed by atoms with E-state index in [-0.39, 0.29) is 0 Å². The van der Waals surface area contributed by atoms with E-state index in [1.54, 1.807) is 0 Å². The Balaban J connectivity index is 1.50. The van der Waals surface area contributed by atoms with E-state index in [1.165, 1.54) is 12.8 Å². The summed E-state index contributed by atoms with van der Waals surface area (Å²) in [6.07, 6.45) is 2.35. The predicted molar refractivity (Wildman–Crippen MR) is 81.5 cm³/mol. The number of likely N-dealkylation sites (tertiary alicyclic amines) is 1. The Kier molecular flexibility index (Phi) is 4.68. The number of hydrogen-bond donors (Lipinski definition) is 0. The molecule has 6 nitrogen and oxygen atoms in total. The smallest absolute Gasteiger partial charge is 0.230 e. The Morgan fingerprint density at radius 1 is 1.32 bits per heavy atom. The van der Waals surface area contributed by atoms with Crippen molar-refractivity contribution in [3.05, 3.63) is 35.7 Å². The number of aryl methyl sites for hydroxylation is 2.